The maximum Gasteiger partial charge on any atom is 0.180 e. The number of hydrogen-bond donors (Lipinski definition) is 1. The number of Topliss-reactive ketones (excluding diaryl/α,β-unsaturated/α-hetero) is 1. The minimum Gasteiger partial charge on any atom is -0.489 e. The Morgan fingerprint density at radius 2 is 2.33 bits per heavy atom. The molecule has 2 rings (SSSR count). The summed E-state index contributed by atoms with van der Waals surface area (Å²) in [6.07, 6.45) is 2.52. The second-order valence-electron chi connectivity index (χ2n) is 4.41. The molecule has 3 nitrogen and oxygen atoms in total. The summed E-state index contributed by atoms with van der Waals surface area (Å²) in [5.74, 6) is 3.05. The van der Waals surface area contributed by atoms with Crippen LogP contribution in [0.1, 0.15) is 23.2 Å². The molecule has 0 aliphatic carbocycles. The van der Waals surface area contributed by atoms with Crippen LogP contribution in [0.15, 0.2) is 24.3 Å². The van der Waals surface area contributed by atoms with Gasteiger partial charge < -0.3 is 10.1 Å². The van der Waals surface area contributed by atoms with E-state index in [0.717, 1.165) is 17.9 Å². The van der Waals surface area contributed by atoms with Gasteiger partial charge in [0.25, 0.3) is 0 Å². The number of rotatable bonds is 5. The van der Waals surface area contributed by atoms with E-state index in [1.54, 1.807) is 7.05 Å². The van der Waals surface area contributed by atoms with Crippen molar-refractivity contribution in [2.75, 3.05) is 25.1 Å². The van der Waals surface area contributed by atoms with Crippen LogP contribution in [0.4, 0.5) is 0 Å². The first kappa shape index (κ1) is 13.4. The average Bonchev–Trinajstić information content (AvgIpc) is 2.41. The van der Waals surface area contributed by atoms with E-state index in [2.05, 4.69) is 5.32 Å². The summed E-state index contributed by atoms with van der Waals surface area (Å²) in [5.41, 5.74) is 0.683. The average molecular weight is 265 g/mol. The molecule has 1 aromatic carbocycles. The first-order valence-corrected chi connectivity index (χ1v) is 7.48. The zero-order valence-corrected chi connectivity index (χ0v) is 11.5. The van der Waals surface area contributed by atoms with E-state index in [9.17, 15) is 4.79 Å². The van der Waals surface area contributed by atoms with Gasteiger partial charge >= 0.3 is 0 Å². The summed E-state index contributed by atoms with van der Waals surface area (Å²) in [6, 6.07) is 7.53. The minimum absolute atomic E-state index is 0.0802. The zero-order chi connectivity index (χ0) is 12.8. The second kappa shape index (κ2) is 6.81. The van der Waals surface area contributed by atoms with Crippen molar-refractivity contribution in [1.29, 1.82) is 0 Å². The Morgan fingerprint density at radius 1 is 1.50 bits per heavy atom. The van der Waals surface area contributed by atoms with Crippen LogP contribution < -0.4 is 10.1 Å². The van der Waals surface area contributed by atoms with Gasteiger partial charge in [-0.15, -0.1) is 0 Å². The first-order valence-electron chi connectivity index (χ1n) is 6.32. The Morgan fingerprint density at radius 3 is 3.06 bits per heavy atom. The number of hydrogen-bond acceptors (Lipinski definition) is 4. The predicted molar refractivity (Wildman–Crippen MR) is 75.7 cm³/mol. The van der Waals surface area contributed by atoms with Crippen molar-refractivity contribution < 1.29 is 9.53 Å². The number of carbonyl (C=O) groups is 1. The SMILES string of the molecule is CNCC(=O)c1ccccc1OC1CCCSC1. The van der Waals surface area contributed by atoms with Gasteiger partial charge in [0.1, 0.15) is 11.9 Å². The zero-order valence-electron chi connectivity index (χ0n) is 10.6. The quantitative estimate of drug-likeness (QED) is 0.830. The van der Waals surface area contributed by atoms with Crippen LogP contribution >= 0.6 is 11.8 Å². The molecular weight excluding hydrogens is 246 g/mol. The van der Waals surface area contributed by atoms with E-state index >= 15 is 0 Å². The lowest BCUT2D eigenvalue weighted by Crippen LogP contribution is -2.25. The van der Waals surface area contributed by atoms with Crippen molar-refractivity contribution in [3.8, 4) is 5.75 Å². The van der Waals surface area contributed by atoms with E-state index in [1.165, 1.54) is 12.2 Å². The molecule has 0 saturated carbocycles. The van der Waals surface area contributed by atoms with Crippen molar-refractivity contribution in [2.24, 2.45) is 0 Å². The smallest absolute Gasteiger partial charge is 0.180 e. The van der Waals surface area contributed by atoms with E-state index in [4.69, 9.17) is 4.74 Å². The number of nitrogens with one attached hydrogen (secondary N) is 1. The van der Waals surface area contributed by atoms with Crippen LogP contribution in [-0.4, -0.2) is 37.0 Å². The molecule has 98 valence electrons. The molecule has 0 bridgehead atoms. The monoisotopic (exact) mass is 265 g/mol. The standard InChI is InChI=1S/C14H19NO2S/c1-15-9-13(16)12-6-2-3-7-14(12)17-11-5-4-8-18-10-11/h2-3,6-7,11,15H,4-5,8-10H2,1H3. The number of ether oxygens (including phenoxy) is 1. The summed E-state index contributed by atoms with van der Waals surface area (Å²) in [5, 5.41) is 2.89. The van der Waals surface area contributed by atoms with Crippen molar-refractivity contribution in [3.63, 3.8) is 0 Å². The number of carbonyl (C=O) groups excluding carboxylic acids is 1. The van der Waals surface area contributed by atoms with Gasteiger partial charge in [-0.2, -0.15) is 11.8 Å². The molecule has 1 atom stereocenters. The molecule has 1 heterocycles. The molecule has 0 amide bonds. The van der Waals surface area contributed by atoms with E-state index in [0.29, 0.717) is 12.1 Å². The highest BCUT2D eigenvalue weighted by molar-refractivity contribution is 7.99. The summed E-state index contributed by atoms with van der Waals surface area (Å²) in [6.45, 7) is 0.347. The molecule has 1 aliphatic rings. The largest absolute Gasteiger partial charge is 0.489 e. The fourth-order valence-electron chi connectivity index (χ4n) is 2.04. The molecule has 0 spiro atoms. The van der Waals surface area contributed by atoms with Crippen molar-refractivity contribution >= 4 is 17.5 Å². The fourth-order valence-corrected chi connectivity index (χ4v) is 3.07. The summed E-state index contributed by atoms with van der Waals surface area (Å²) >= 11 is 1.92. The summed E-state index contributed by atoms with van der Waals surface area (Å²) < 4.78 is 5.98. The topological polar surface area (TPSA) is 38.3 Å². The van der Waals surface area contributed by atoms with Crippen molar-refractivity contribution in [1.82, 2.24) is 5.32 Å². The number of para-hydroxylation sites is 1. The summed E-state index contributed by atoms with van der Waals surface area (Å²) in [4.78, 5) is 12.0. The second-order valence-corrected chi connectivity index (χ2v) is 5.56. The normalized spacial score (nSPS) is 19.5. The lowest BCUT2D eigenvalue weighted by molar-refractivity contribution is 0.0986. The molecule has 1 unspecified atom stereocenters. The Balaban J connectivity index is 2.08. The molecule has 0 radical (unpaired) electrons. The molecule has 0 aromatic heterocycles. The van der Waals surface area contributed by atoms with E-state index < -0.39 is 0 Å². The Bertz CT molecular complexity index is 403. The summed E-state index contributed by atoms with van der Waals surface area (Å²) in [7, 11) is 1.78. The predicted octanol–water partition coefficient (Wildman–Crippen LogP) is 2.36. The third kappa shape index (κ3) is 3.50. The maximum absolute atomic E-state index is 12.0. The molecule has 1 N–H and O–H groups in total. The van der Waals surface area contributed by atoms with Crippen LogP contribution in [0.2, 0.25) is 0 Å². The lowest BCUT2D eigenvalue weighted by Gasteiger charge is -2.23. The Kier molecular flexibility index (Phi) is 5.08. The number of benzene rings is 1. The highest BCUT2D eigenvalue weighted by atomic mass is 32.2. The van der Waals surface area contributed by atoms with Gasteiger partial charge in [0.05, 0.1) is 12.1 Å². The number of likely N-dealkylation sites (N-methyl/N-ethyl adjacent to an activating group) is 1. The van der Waals surface area contributed by atoms with Crippen LogP contribution in [0.3, 0.4) is 0 Å². The first-order chi connectivity index (χ1) is 8.81. The van der Waals surface area contributed by atoms with Gasteiger partial charge in [0.2, 0.25) is 0 Å². The minimum atomic E-state index is 0.0802. The van der Waals surface area contributed by atoms with Crippen LogP contribution in [0.25, 0.3) is 0 Å². The molecule has 4 heteroatoms. The lowest BCUT2D eigenvalue weighted by atomic mass is 10.1. The molecular formula is C14H19NO2S. The van der Waals surface area contributed by atoms with Crippen LogP contribution in [-0.2, 0) is 0 Å². The molecule has 1 aromatic rings. The van der Waals surface area contributed by atoms with Gasteiger partial charge in [0, 0.05) is 5.75 Å². The van der Waals surface area contributed by atoms with Gasteiger partial charge in [-0.1, -0.05) is 12.1 Å². The molecule has 1 fully saturated rings. The third-order valence-corrected chi connectivity index (χ3v) is 4.12. The third-order valence-electron chi connectivity index (χ3n) is 2.94. The highest BCUT2D eigenvalue weighted by Crippen LogP contribution is 2.25. The molecule has 1 aliphatic heterocycles. The number of ketones is 1. The molecule has 18 heavy (non-hydrogen) atoms. The Hall–Kier alpha value is -1.000. The van der Waals surface area contributed by atoms with Gasteiger partial charge in [-0.3, -0.25) is 4.79 Å². The molecule has 1 saturated heterocycles. The fraction of sp³-hybridized carbons (Fsp3) is 0.500. The van der Waals surface area contributed by atoms with E-state index in [1.807, 2.05) is 36.0 Å². The van der Waals surface area contributed by atoms with Crippen molar-refractivity contribution in [3.05, 3.63) is 29.8 Å². The number of thioether (sulfide) groups is 1. The van der Waals surface area contributed by atoms with Gasteiger partial charge in [0.15, 0.2) is 5.78 Å². The van der Waals surface area contributed by atoms with Crippen molar-refractivity contribution in [2.45, 2.75) is 18.9 Å². The van der Waals surface area contributed by atoms with Crippen LogP contribution in [0, 0.1) is 0 Å². The highest BCUT2D eigenvalue weighted by Gasteiger charge is 2.18. The Labute approximate surface area is 112 Å². The van der Waals surface area contributed by atoms with Gasteiger partial charge in [-0.05, 0) is 37.8 Å². The van der Waals surface area contributed by atoms with Crippen LogP contribution in [0.5, 0.6) is 5.75 Å². The maximum atomic E-state index is 12.0. The van der Waals surface area contributed by atoms with Gasteiger partial charge in [-0.25, -0.2) is 0 Å². The van der Waals surface area contributed by atoms with E-state index in [-0.39, 0.29) is 11.9 Å².